The van der Waals surface area contributed by atoms with E-state index in [1.165, 1.54) is 0 Å². The zero-order chi connectivity index (χ0) is 15.3. The highest BCUT2D eigenvalue weighted by atomic mass is 35.5. The van der Waals surface area contributed by atoms with Gasteiger partial charge in [0.15, 0.2) is 11.4 Å². The van der Waals surface area contributed by atoms with Crippen molar-refractivity contribution in [1.29, 1.82) is 0 Å². The quantitative estimate of drug-likeness (QED) is 0.768. The van der Waals surface area contributed by atoms with Crippen LogP contribution in [0.5, 0.6) is 0 Å². The molecular weight excluding hydrogens is 302 g/mol. The molecule has 2 aromatic heterocycles. The van der Waals surface area contributed by atoms with Gasteiger partial charge >= 0.3 is 0 Å². The molecule has 1 aliphatic rings. The van der Waals surface area contributed by atoms with Gasteiger partial charge in [0.05, 0.1) is 6.54 Å². The Morgan fingerprint density at radius 3 is 2.95 bits per heavy atom. The summed E-state index contributed by atoms with van der Waals surface area (Å²) in [4.78, 5) is 11.3. The fourth-order valence-electron chi connectivity index (χ4n) is 2.79. The number of nitrogens with one attached hydrogen (secondary N) is 1. The lowest BCUT2D eigenvalue weighted by molar-refractivity contribution is 0.445. The summed E-state index contributed by atoms with van der Waals surface area (Å²) < 4.78 is 5.98. The Hall–Kier alpha value is -1.89. The van der Waals surface area contributed by atoms with E-state index in [0.717, 1.165) is 35.4 Å². The first-order chi connectivity index (χ1) is 10.7. The van der Waals surface area contributed by atoms with Crippen LogP contribution in [0.3, 0.4) is 0 Å². The topological polar surface area (TPSA) is 80.2 Å². The Kier molecular flexibility index (Phi) is 3.18. The van der Waals surface area contributed by atoms with Crippen molar-refractivity contribution in [2.24, 2.45) is 5.73 Å². The lowest BCUT2D eigenvalue weighted by Gasteiger charge is -2.39. The summed E-state index contributed by atoms with van der Waals surface area (Å²) >= 11 is 6.10. The summed E-state index contributed by atoms with van der Waals surface area (Å²) in [6, 6.07) is 6.01. The first kappa shape index (κ1) is 13.8. The molecule has 0 radical (unpaired) electrons. The average Bonchev–Trinajstić information content (AvgIpc) is 2.84. The van der Waals surface area contributed by atoms with Crippen molar-refractivity contribution < 1.29 is 4.42 Å². The van der Waals surface area contributed by atoms with Crippen molar-refractivity contribution in [3.63, 3.8) is 0 Å². The Labute approximate surface area is 132 Å². The van der Waals surface area contributed by atoms with Gasteiger partial charge in [-0.05, 0) is 25.2 Å². The number of hydrogen-bond acceptors (Lipinski definition) is 6. The Bertz CT molecular complexity index is 856. The number of furan rings is 1. The maximum absolute atomic E-state index is 6.10. The van der Waals surface area contributed by atoms with E-state index in [1.54, 1.807) is 0 Å². The van der Waals surface area contributed by atoms with E-state index in [9.17, 15) is 0 Å². The third kappa shape index (κ3) is 2.03. The molecule has 3 N–H and O–H groups in total. The highest BCUT2D eigenvalue weighted by Gasteiger charge is 2.30. The molecule has 1 saturated heterocycles. The molecule has 1 aliphatic heterocycles. The zero-order valence-corrected chi connectivity index (χ0v) is 12.9. The Morgan fingerprint density at radius 2 is 2.23 bits per heavy atom. The van der Waals surface area contributed by atoms with Crippen molar-refractivity contribution in [2.75, 3.05) is 25.0 Å². The van der Waals surface area contributed by atoms with Crippen molar-refractivity contribution in [1.82, 2.24) is 15.3 Å². The molecule has 0 saturated carbocycles. The summed E-state index contributed by atoms with van der Waals surface area (Å²) in [5, 5.41) is 4.81. The van der Waals surface area contributed by atoms with Crippen molar-refractivity contribution in [2.45, 2.75) is 12.6 Å². The monoisotopic (exact) mass is 317 g/mol. The summed E-state index contributed by atoms with van der Waals surface area (Å²) in [5.74, 6) is 1.42. The van der Waals surface area contributed by atoms with Crippen LogP contribution in [0.2, 0.25) is 5.02 Å². The molecule has 1 aromatic carbocycles. The van der Waals surface area contributed by atoms with Gasteiger partial charge in [-0.1, -0.05) is 11.6 Å². The zero-order valence-electron chi connectivity index (χ0n) is 12.1. The molecule has 22 heavy (non-hydrogen) atoms. The van der Waals surface area contributed by atoms with Gasteiger partial charge < -0.3 is 20.4 Å². The number of rotatable bonds is 3. The normalized spacial score (nSPS) is 15.7. The number of anilines is 1. The molecular formula is C15H16ClN5O. The summed E-state index contributed by atoms with van der Waals surface area (Å²) in [6.07, 6.45) is 0. The number of halogens is 1. The fraction of sp³-hybridized carbons (Fsp3) is 0.333. The third-order valence-corrected chi connectivity index (χ3v) is 4.31. The number of aromatic nitrogens is 2. The van der Waals surface area contributed by atoms with E-state index in [-0.39, 0.29) is 0 Å². The van der Waals surface area contributed by atoms with Crippen LogP contribution in [0.4, 0.5) is 5.82 Å². The van der Waals surface area contributed by atoms with Crippen LogP contribution in [0, 0.1) is 0 Å². The van der Waals surface area contributed by atoms with Crippen molar-refractivity contribution >= 4 is 39.5 Å². The van der Waals surface area contributed by atoms with Gasteiger partial charge in [0.1, 0.15) is 16.9 Å². The maximum Gasteiger partial charge on any atom is 0.196 e. The highest BCUT2D eigenvalue weighted by molar-refractivity contribution is 6.31. The van der Waals surface area contributed by atoms with Crippen LogP contribution < -0.4 is 16.0 Å². The second-order valence-electron chi connectivity index (χ2n) is 5.48. The number of fused-ring (bicyclic) bond motifs is 3. The minimum atomic E-state index is 0.291. The van der Waals surface area contributed by atoms with E-state index < -0.39 is 0 Å². The van der Waals surface area contributed by atoms with Crippen LogP contribution in [-0.4, -0.2) is 36.1 Å². The number of nitrogens with two attached hydrogens (primary N) is 1. The van der Waals surface area contributed by atoms with Gasteiger partial charge in [-0.3, -0.25) is 0 Å². The lowest BCUT2D eigenvalue weighted by atomic mass is 10.1. The average molecular weight is 318 g/mol. The van der Waals surface area contributed by atoms with Gasteiger partial charge in [0.25, 0.3) is 0 Å². The van der Waals surface area contributed by atoms with Gasteiger partial charge in [-0.25, -0.2) is 9.97 Å². The lowest BCUT2D eigenvalue weighted by Crippen LogP contribution is -2.57. The van der Waals surface area contributed by atoms with Crippen molar-refractivity contribution in [3.05, 3.63) is 29.0 Å². The molecule has 3 heterocycles. The Morgan fingerprint density at radius 1 is 1.41 bits per heavy atom. The SMILES string of the molecule is CNC1CN(c2nc(CN)nc3c2oc2ccc(Cl)cc23)C1. The number of benzene rings is 1. The van der Waals surface area contributed by atoms with E-state index in [1.807, 2.05) is 25.2 Å². The fourth-order valence-corrected chi connectivity index (χ4v) is 2.96. The highest BCUT2D eigenvalue weighted by Crippen LogP contribution is 2.35. The van der Waals surface area contributed by atoms with Gasteiger partial charge in [0, 0.05) is 29.5 Å². The summed E-state index contributed by atoms with van der Waals surface area (Å²) in [6.45, 7) is 2.08. The van der Waals surface area contributed by atoms with Crippen LogP contribution >= 0.6 is 11.6 Å². The molecule has 0 aliphatic carbocycles. The Balaban J connectivity index is 1.93. The van der Waals surface area contributed by atoms with Gasteiger partial charge in [-0.2, -0.15) is 0 Å². The van der Waals surface area contributed by atoms with Gasteiger partial charge in [0.2, 0.25) is 0 Å². The summed E-state index contributed by atoms with van der Waals surface area (Å²) in [5.41, 5.74) is 7.98. The van der Waals surface area contributed by atoms with Crippen LogP contribution in [0.1, 0.15) is 5.82 Å². The predicted molar refractivity (Wildman–Crippen MR) is 87.3 cm³/mol. The van der Waals surface area contributed by atoms with Crippen LogP contribution in [-0.2, 0) is 6.54 Å². The van der Waals surface area contributed by atoms with E-state index >= 15 is 0 Å². The van der Waals surface area contributed by atoms with E-state index in [4.69, 9.17) is 21.8 Å². The minimum Gasteiger partial charge on any atom is -0.450 e. The standard InChI is InChI=1S/C15H16ClN5O/c1-18-9-6-21(7-9)15-14-13(19-12(5-17)20-15)10-4-8(16)2-3-11(10)22-14/h2-4,9,18H,5-7,17H2,1H3. The largest absolute Gasteiger partial charge is 0.450 e. The molecule has 6 nitrogen and oxygen atoms in total. The second-order valence-corrected chi connectivity index (χ2v) is 5.91. The smallest absolute Gasteiger partial charge is 0.196 e. The molecule has 0 unspecified atom stereocenters. The van der Waals surface area contributed by atoms with Crippen molar-refractivity contribution in [3.8, 4) is 0 Å². The van der Waals surface area contributed by atoms with Crippen LogP contribution in [0.15, 0.2) is 22.6 Å². The third-order valence-electron chi connectivity index (χ3n) is 4.07. The molecule has 1 fully saturated rings. The molecule has 4 rings (SSSR count). The molecule has 0 spiro atoms. The number of nitrogens with zero attached hydrogens (tertiary/aromatic N) is 3. The second kappa shape index (κ2) is 5.08. The molecule has 0 atom stereocenters. The minimum absolute atomic E-state index is 0.291. The first-order valence-corrected chi connectivity index (χ1v) is 7.58. The number of likely N-dealkylation sites (N-methyl/N-ethyl adjacent to an activating group) is 1. The van der Waals surface area contributed by atoms with Crippen LogP contribution in [0.25, 0.3) is 22.1 Å². The molecule has 0 amide bonds. The summed E-state index contributed by atoms with van der Waals surface area (Å²) in [7, 11) is 1.96. The molecule has 0 bridgehead atoms. The molecule has 7 heteroatoms. The van der Waals surface area contributed by atoms with E-state index in [2.05, 4.69) is 20.2 Å². The maximum atomic E-state index is 6.10. The van der Waals surface area contributed by atoms with E-state index in [0.29, 0.717) is 29.0 Å². The first-order valence-electron chi connectivity index (χ1n) is 7.20. The molecule has 114 valence electrons. The number of hydrogen-bond donors (Lipinski definition) is 2. The van der Waals surface area contributed by atoms with Gasteiger partial charge in [-0.15, -0.1) is 0 Å². The predicted octanol–water partition coefficient (Wildman–Crippen LogP) is 1.90. The molecule has 3 aromatic rings.